The highest BCUT2D eigenvalue weighted by molar-refractivity contribution is 6.77. The molecule has 0 atom stereocenters. The van der Waals surface area contributed by atoms with Crippen molar-refractivity contribution < 1.29 is 4.43 Å². The monoisotopic (exact) mass is 308 g/mol. The Morgan fingerprint density at radius 2 is 1.55 bits per heavy atom. The van der Waals surface area contributed by atoms with Crippen LogP contribution in [0.15, 0.2) is 24.3 Å². The van der Waals surface area contributed by atoms with Crippen LogP contribution in [0.25, 0.3) is 0 Å². The smallest absolute Gasteiger partial charge is 0.272 e. The van der Waals surface area contributed by atoms with Gasteiger partial charge >= 0.3 is 0 Å². The Kier molecular flexibility index (Phi) is 6.17. The number of halogens is 1. The minimum Gasteiger partial charge on any atom is -0.499 e. The number of benzene rings is 1. The van der Waals surface area contributed by atoms with Crippen LogP contribution < -0.4 is 0 Å². The Morgan fingerprint density at radius 3 is 2.00 bits per heavy atom. The third-order valence-corrected chi connectivity index (χ3v) is 10.1. The van der Waals surface area contributed by atoms with E-state index in [1.807, 2.05) is 24.3 Å². The lowest BCUT2D eigenvalue weighted by Gasteiger charge is -2.39. The van der Waals surface area contributed by atoms with Gasteiger partial charge in [-0.2, -0.15) is 0 Å². The molecule has 0 radical (unpaired) electrons. The summed E-state index contributed by atoms with van der Waals surface area (Å²) in [6.45, 7) is 13.5. The standard InChI is InChI=1S/C17H25ClOSi/c1-13(2)20(14(3)4,15(5)6)19-11-10-16-8-7-9-17(18)12-16/h7-9,12-15H,1-6H3. The van der Waals surface area contributed by atoms with Gasteiger partial charge in [0.15, 0.2) is 0 Å². The normalized spacial score (nSPS) is 11.7. The second kappa shape index (κ2) is 7.20. The fourth-order valence-electron chi connectivity index (χ4n) is 3.09. The van der Waals surface area contributed by atoms with Gasteiger partial charge in [0.1, 0.15) is 6.11 Å². The molecule has 20 heavy (non-hydrogen) atoms. The van der Waals surface area contributed by atoms with Crippen molar-refractivity contribution in [2.75, 3.05) is 0 Å². The Balaban J connectivity index is 2.99. The van der Waals surface area contributed by atoms with Crippen molar-refractivity contribution in [1.29, 1.82) is 0 Å². The fourth-order valence-corrected chi connectivity index (χ4v) is 8.22. The zero-order valence-electron chi connectivity index (χ0n) is 13.3. The minimum absolute atomic E-state index is 0.538. The van der Waals surface area contributed by atoms with E-state index in [4.69, 9.17) is 16.0 Å². The van der Waals surface area contributed by atoms with Crippen molar-refractivity contribution in [3.8, 4) is 12.0 Å². The van der Waals surface area contributed by atoms with E-state index in [-0.39, 0.29) is 0 Å². The van der Waals surface area contributed by atoms with E-state index in [9.17, 15) is 0 Å². The molecule has 0 aliphatic carbocycles. The zero-order valence-corrected chi connectivity index (χ0v) is 15.1. The van der Waals surface area contributed by atoms with Crippen LogP contribution in [-0.2, 0) is 4.43 Å². The van der Waals surface area contributed by atoms with Gasteiger partial charge in [0.05, 0.1) is 0 Å². The molecule has 1 nitrogen and oxygen atoms in total. The van der Waals surface area contributed by atoms with Crippen LogP contribution in [0.1, 0.15) is 47.1 Å². The van der Waals surface area contributed by atoms with E-state index in [2.05, 4.69) is 53.6 Å². The first-order valence-corrected chi connectivity index (χ1v) is 9.77. The second-order valence-corrected chi connectivity index (χ2v) is 12.0. The maximum Gasteiger partial charge on any atom is 0.272 e. The Bertz CT molecular complexity index is 475. The molecule has 0 aliphatic rings. The summed E-state index contributed by atoms with van der Waals surface area (Å²) in [6.07, 6.45) is 2.97. The lowest BCUT2D eigenvalue weighted by molar-refractivity contribution is 0.447. The fraction of sp³-hybridized carbons (Fsp3) is 0.529. The van der Waals surface area contributed by atoms with Gasteiger partial charge in [0.2, 0.25) is 0 Å². The van der Waals surface area contributed by atoms with Gasteiger partial charge in [0, 0.05) is 10.6 Å². The van der Waals surface area contributed by atoms with Crippen LogP contribution in [-0.4, -0.2) is 8.32 Å². The van der Waals surface area contributed by atoms with E-state index in [0.717, 1.165) is 5.56 Å². The summed E-state index contributed by atoms with van der Waals surface area (Å²) < 4.78 is 6.19. The van der Waals surface area contributed by atoms with Crippen molar-refractivity contribution in [2.45, 2.75) is 58.2 Å². The van der Waals surface area contributed by atoms with Crippen molar-refractivity contribution in [1.82, 2.24) is 0 Å². The van der Waals surface area contributed by atoms with Crippen LogP contribution in [0, 0.1) is 12.0 Å². The topological polar surface area (TPSA) is 9.23 Å². The van der Waals surface area contributed by atoms with Crippen LogP contribution in [0.4, 0.5) is 0 Å². The van der Waals surface area contributed by atoms with Crippen molar-refractivity contribution in [2.24, 2.45) is 0 Å². The molecule has 0 saturated heterocycles. The van der Waals surface area contributed by atoms with Crippen LogP contribution in [0.5, 0.6) is 0 Å². The van der Waals surface area contributed by atoms with Crippen LogP contribution in [0.2, 0.25) is 21.6 Å². The third kappa shape index (κ3) is 3.81. The van der Waals surface area contributed by atoms with Gasteiger partial charge in [-0.05, 0) is 40.7 Å². The lowest BCUT2D eigenvalue weighted by atomic mass is 10.2. The molecule has 0 unspecified atom stereocenters. The van der Waals surface area contributed by atoms with Gasteiger partial charge in [0.25, 0.3) is 8.32 Å². The van der Waals surface area contributed by atoms with Crippen LogP contribution in [0.3, 0.4) is 0 Å². The third-order valence-electron chi connectivity index (χ3n) is 3.95. The van der Waals surface area contributed by atoms with E-state index in [1.165, 1.54) is 0 Å². The molecule has 3 heteroatoms. The molecular formula is C17H25ClOSi. The molecular weight excluding hydrogens is 284 g/mol. The zero-order chi connectivity index (χ0) is 15.3. The van der Waals surface area contributed by atoms with E-state index in [0.29, 0.717) is 21.6 Å². The summed E-state index contributed by atoms with van der Waals surface area (Å²) in [5.41, 5.74) is 2.51. The molecule has 1 rings (SSSR count). The number of hydrogen-bond donors (Lipinski definition) is 0. The van der Waals surface area contributed by atoms with Crippen molar-refractivity contribution >= 4 is 19.9 Å². The lowest BCUT2D eigenvalue weighted by Crippen LogP contribution is -2.46. The van der Waals surface area contributed by atoms with Gasteiger partial charge in [-0.3, -0.25) is 0 Å². The largest absolute Gasteiger partial charge is 0.499 e. The van der Waals surface area contributed by atoms with E-state index < -0.39 is 8.32 Å². The Morgan fingerprint density at radius 1 is 1.00 bits per heavy atom. The first kappa shape index (κ1) is 17.1. The van der Waals surface area contributed by atoms with Gasteiger partial charge in [-0.25, -0.2) is 0 Å². The Labute approximate surface area is 129 Å². The van der Waals surface area contributed by atoms with Crippen molar-refractivity contribution in [3.05, 3.63) is 34.9 Å². The summed E-state index contributed by atoms with van der Waals surface area (Å²) >= 11 is 5.97. The molecule has 1 aromatic carbocycles. The maximum absolute atomic E-state index is 6.19. The maximum atomic E-state index is 6.19. The van der Waals surface area contributed by atoms with E-state index in [1.54, 1.807) is 0 Å². The SMILES string of the molecule is CC(C)[Si](OC#Cc1cccc(Cl)c1)(C(C)C)C(C)C. The molecule has 0 heterocycles. The summed E-state index contributed by atoms with van der Waals surface area (Å²) in [5.74, 6) is 3.08. The molecule has 0 aliphatic heterocycles. The summed E-state index contributed by atoms with van der Waals surface area (Å²) in [4.78, 5) is 0. The molecule has 0 amide bonds. The average molecular weight is 309 g/mol. The minimum atomic E-state index is -1.90. The molecule has 0 spiro atoms. The number of rotatable bonds is 4. The van der Waals surface area contributed by atoms with Gasteiger partial charge in [-0.1, -0.05) is 59.2 Å². The second-order valence-electron chi connectivity index (χ2n) is 6.16. The molecule has 0 N–H and O–H groups in total. The molecule has 110 valence electrons. The first-order valence-electron chi connectivity index (χ1n) is 7.25. The summed E-state index contributed by atoms with van der Waals surface area (Å²) in [6, 6.07) is 7.57. The molecule has 0 fully saturated rings. The summed E-state index contributed by atoms with van der Waals surface area (Å²) in [5, 5.41) is 0.705. The first-order chi connectivity index (χ1) is 9.30. The predicted octanol–water partition coefficient (Wildman–Crippen LogP) is 5.84. The Hall–Kier alpha value is -0.913. The number of hydrogen-bond acceptors (Lipinski definition) is 1. The highest BCUT2D eigenvalue weighted by atomic mass is 35.5. The highest BCUT2D eigenvalue weighted by Gasteiger charge is 2.46. The molecule has 1 aromatic rings. The molecule has 0 aromatic heterocycles. The average Bonchev–Trinajstić information content (AvgIpc) is 2.33. The van der Waals surface area contributed by atoms with Gasteiger partial charge in [-0.15, -0.1) is 0 Å². The van der Waals surface area contributed by atoms with Crippen molar-refractivity contribution in [3.63, 3.8) is 0 Å². The highest BCUT2D eigenvalue weighted by Crippen LogP contribution is 2.41. The molecule has 0 bridgehead atoms. The summed E-state index contributed by atoms with van der Waals surface area (Å²) in [7, 11) is -1.90. The van der Waals surface area contributed by atoms with E-state index >= 15 is 0 Å². The van der Waals surface area contributed by atoms with Crippen LogP contribution >= 0.6 is 11.6 Å². The van der Waals surface area contributed by atoms with Gasteiger partial charge < -0.3 is 4.43 Å². The quantitative estimate of drug-likeness (QED) is 0.501. The molecule has 0 saturated carbocycles. The predicted molar refractivity (Wildman–Crippen MR) is 90.5 cm³/mol.